The zero-order chi connectivity index (χ0) is 15.2. The lowest BCUT2D eigenvalue weighted by Crippen LogP contribution is -2.18. The summed E-state index contributed by atoms with van der Waals surface area (Å²) in [6.45, 7) is -0.190. The number of hydrogen-bond acceptors (Lipinski definition) is 3. The van der Waals surface area contributed by atoms with Crippen LogP contribution in [-0.4, -0.2) is 12.5 Å². The molecule has 0 aliphatic heterocycles. The molecule has 0 saturated heterocycles. The third-order valence-electron chi connectivity index (χ3n) is 2.71. The number of amides is 1. The first-order valence-electron chi connectivity index (χ1n) is 6.22. The van der Waals surface area contributed by atoms with Gasteiger partial charge in [0.25, 0.3) is 0 Å². The van der Waals surface area contributed by atoms with Crippen LogP contribution in [0, 0.1) is 5.82 Å². The van der Waals surface area contributed by atoms with E-state index in [4.69, 9.17) is 22.1 Å². The summed E-state index contributed by atoms with van der Waals surface area (Å²) in [5, 5.41) is 2.96. The van der Waals surface area contributed by atoms with Gasteiger partial charge in [-0.2, -0.15) is 0 Å². The topological polar surface area (TPSA) is 64.3 Å². The molecule has 0 heterocycles. The van der Waals surface area contributed by atoms with E-state index >= 15 is 0 Å². The van der Waals surface area contributed by atoms with E-state index in [1.807, 2.05) is 0 Å². The Morgan fingerprint density at radius 1 is 1.29 bits per heavy atom. The van der Waals surface area contributed by atoms with Crippen LogP contribution in [0.15, 0.2) is 42.5 Å². The number of nitrogens with one attached hydrogen (secondary N) is 1. The molecule has 21 heavy (non-hydrogen) atoms. The molecule has 4 nitrogen and oxygen atoms in total. The van der Waals surface area contributed by atoms with Crippen LogP contribution in [0.5, 0.6) is 0 Å². The Kier molecular flexibility index (Phi) is 5.14. The summed E-state index contributed by atoms with van der Waals surface area (Å²) in [6.07, 6.45) is 0. The van der Waals surface area contributed by atoms with Gasteiger partial charge in [-0.1, -0.05) is 29.8 Å². The number of carbonyl (C=O) groups is 1. The third-order valence-corrected chi connectivity index (χ3v) is 3.04. The minimum atomic E-state index is -0.390. The number of benzene rings is 2. The zero-order valence-corrected chi connectivity index (χ0v) is 11.9. The highest BCUT2D eigenvalue weighted by molar-refractivity contribution is 6.33. The normalized spacial score (nSPS) is 10.4. The van der Waals surface area contributed by atoms with E-state index in [9.17, 15) is 9.18 Å². The first-order chi connectivity index (χ1) is 10.1. The zero-order valence-electron chi connectivity index (χ0n) is 11.1. The second-order valence-corrected chi connectivity index (χ2v) is 4.78. The maximum Gasteiger partial charge on any atom is 0.250 e. The van der Waals surface area contributed by atoms with Crippen molar-refractivity contribution >= 4 is 28.9 Å². The molecule has 0 aromatic heterocycles. The van der Waals surface area contributed by atoms with E-state index in [1.165, 1.54) is 6.07 Å². The molecule has 0 saturated carbocycles. The van der Waals surface area contributed by atoms with Crippen LogP contribution < -0.4 is 11.1 Å². The Labute approximate surface area is 126 Å². The predicted octanol–water partition coefficient (Wildman–Crippen LogP) is 3.22. The molecule has 0 fully saturated rings. The molecule has 1 amide bonds. The van der Waals surface area contributed by atoms with Crippen LogP contribution in [0.4, 0.5) is 15.8 Å². The largest absolute Gasteiger partial charge is 0.399 e. The highest BCUT2D eigenvalue weighted by Gasteiger charge is 2.07. The molecular weight excluding hydrogens is 295 g/mol. The maximum absolute atomic E-state index is 13.3. The van der Waals surface area contributed by atoms with Gasteiger partial charge < -0.3 is 15.8 Å². The van der Waals surface area contributed by atoms with Gasteiger partial charge in [-0.15, -0.1) is 0 Å². The van der Waals surface area contributed by atoms with Gasteiger partial charge in [-0.25, -0.2) is 4.39 Å². The lowest BCUT2D eigenvalue weighted by Gasteiger charge is -2.09. The van der Waals surface area contributed by atoms with Crippen LogP contribution in [0.25, 0.3) is 0 Å². The van der Waals surface area contributed by atoms with E-state index in [1.54, 1.807) is 36.4 Å². The van der Waals surface area contributed by atoms with Crippen molar-refractivity contribution in [2.45, 2.75) is 6.61 Å². The van der Waals surface area contributed by atoms with Gasteiger partial charge in [0.05, 0.1) is 17.3 Å². The van der Waals surface area contributed by atoms with Crippen LogP contribution in [0.3, 0.4) is 0 Å². The molecule has 3 N–H and O–H groups in total. The number of nitrogen functional groups attached to an aromatic ring is 1. The second kappa shape index (κ2) is 7.06. The number of rotatable bonds is 5. The Hall–Kier alpha value is -2.11. The monoisotopic (exact) mass is 308 g/mol. The summed E-state index contributed by atoms with van der Waals surface area (Å²) >= 11 is 5.93. The molecule has 110 valence electrons. The minimum absolute atomic E-state index is 0.0186. The van der Waals surface area contributed by atoms with Gasteiger partial charge in [-0.3, -0.25) is 4.79 Å². The van der Waals surface area contributed by atoms with Crippen molar-refractivity contribution in [3.8, 4) is 0 Å². The Morgan fingerprint density at radius 3 is 2.81 bits per heavy atom. The molecule has 2 aromatic rings. The van der Waals surface area contributed by atoms with Gasteiger partial charge >= 0.3 is 0 Å². The number of hydrogen-bond donors (Lipinski definition) is 2. The second-order valence-electron chi connectivity index (χ2n) is 4.37. The molecule has 0 bridgehead atoms. The molecule has 0 spiro atoms. The molecule has 0 aliphatic carbocycles. The van der Waals surface area contributed by atoms with E-state index in [0.717, 1.165) is 0 Å². The molecule has 2 aromatic carbocycles. The van der Waals surface area contributed by atoms with Crippen molar-refractivity contribution < 1.29 is 13.9 Å². The Bertz CT molecular complexity index is 649. The van der Waals surface area contributed by atoms with Gasteiger partial charge in [0.15, 0.2) is 0 Å². The van der Waals surface area contributed by atoms with Crippen molar-refractivity contribution in [1.29, 1.82) is 0 Å². The summed E-state index contributed by atoms with van der Waals surface area (Å²) in [6, 6.07) is 11.0. The average Bonchev–Trinajstić information content (AvgIpc) is 2.45. The number of halogens is 2. The van der Waals surface area contributed by atoms with Gasteiger partial charge in [0.2, 0.25) is 5.91 Å². The van der Waals surface area contributed by atoms with Crippen molar-refractivity contribution in [2.75, 3.05) is 17.7 Å². The van der Waals surface area contributed by atoms with E-state index in [0.29, 0.717) is 22.0 Å². The lowest BCUT2D eigenvalue weighted by atomic mass is 10.2. The molecule has 0 atom stereocenters. The van der Waals surface area contributed by atoms with Crippen LogP contribution in [0.2, 0.25) is 5.02 Å². The molecule has 6 heteroatoms. The predicted molar refractivity (Wildman–Crippen MR) is 80.6 cm³/mol. The maximum atomic E-state index is 13.3. The molecule has 0 aliphatic rings. The minimum Gasteiger partial charge on any atom is -0.399 e. The van der Waals surface area contributed by atoms with Crippen molar-refractivity contribution in [3.63, 3.8) is 0 Å². The van der Waals surface area contributed by atoms with Gasteiger partial charge in [-0.05, 0) is 24.3 Å². The SMILES string of the molecule is Nc1ccc(Cl)c(NC(=O)COCc2ccccc2F)c1. The van der Waals surface area contributed by atoms with Crippen LogP contribution in [0.1, 0.15) is 5.56 Å². The molecule has 0 radical (unpaired) electrons. The molecule has 2 rings (SSSR count). The number of nitrogens with two attached hydrogens (primary N) is 1. The first-order valence-corrected chi connectivity index (χ1v) is 6.60. The third kappa shape index (κ3) is 4.44. The van der Waals surface area contributed by atoms with Gasteiger partial charge in [0, 0.05) is 11.3 Å². The summed E-state index contributed by atoms with van der Waals surface area (Å²) in [5.74, 6) is -0.754. The fourth-order valence-electron chi connectivity index (χ4n) is 1.69. The lowest BCUT2D eigenvalue weighted by molar-refractivity contribution is -0.121. The van der Waals surface area contributed by atoms with Crippen molar-refractivity contribution in [3.05, 3.63) is 58.9 Å². The Balaban J connectivity index is 1.85. The quantitative estimate of drug-likeness (QED) is 0.834. The average molecular weight is 309 g/mol. The number of anilines is 2. The van der Waals surface area contributed by atoms with E-state index in [-0.39, 0.29) is 24.9 Å². The van der Waals surface area contributed by atoms with Crippen LogP contribution >= 0.6 is 11.6 Å². The fourth-order valence-corrected chi connectivity index (χ4v) is 1.86. The summed E-state index contributed by atoms with van der Waals surface area (Å²) in [4.78, 5) is 11.7. The Morgan fingerprint density at radius 2 is 2.05 bits per heavy atom. The number of ether oxygens (including phenoxy) is 1. The van der Waals surface area contributed by atoms with E-state index in [2.05, 4.69) is 5.32 Å². The molecule has 0 unspecified atom stereocenters. The fraction of sp³-hybridized carbons (Fsp3) is 0.133. The van der Waals surface area contributed by atoms with Crippen LogP contribution in [-0.2, 0) is 16.1 Å². The van der Waals surface area contributed by atoms with Gasteiger partial charge in [0.1, 0.15) is 12.4 Å². The summed E-state index contributed by atoms with van der Waals surface area (Å²) < 4.78 is 18.5. The van der Waals surface area contributed by atoms with E-state index < -0.39 is 0 Å². The van der Waals surface area contributed by atoms with Crippen molar-refractivity contribution in [1.82, 2.24) is 0 Å². The summed E-state index contributed by atoms with van der Waals surface area (Å²) in [5.41, 5.74) is 6.91. The number of carbonyl (C=O) groups excluding carboxylic acids is 1. The van der Waals surface area contributed by atoms with Crippen molar-refractivity contribution in [2.24, 2.45) is 0 Å². The highest BCUT2D eigenvalue weighted by atomic mass is 35.5. The first kappa shape index (κ1) is 15.3. The molecular formula is C15H14ClFN2O2. The summed E-state index contributed by atoms with van der Waals surface area (Å²) in [7, 11) is 0. The highest BCUT2D eigenvalue weighted by Crippen LogP contribution is 2.23. The smallest absolute Gasteiger partial charge is 0.250 e. The standard InChI is InChI=1S/C15H14ClFN2O2/c16-12-6-5-11(18)7-14(12)19-15(20)9-21-8-10-3-1-2-4-13(10)17/h1-7H,8-9,18H2,(H,19,20).